The molecule has 0 aromatic heterocycles. The van der Waals surface area contributed by atoms with Crippen LogP contribution in [0.15, 0.2) is 35.3 Å². The van der Waals surface area contributed by atoms with Crippen LogP contribution in [0.25, 0.3) is 0 Å². The van der Waals surface area contributed by atoms with Crippen molar-refractivity contribution in [1.82, 2.24) is 20.0 Å². The zero-order chi connectivity index (χ0) is 19.6. The van der Waals surface area contributed by atoms with E-state index in [2.05, 4.69) is 62.4 Å². The lowest BCUT2D eigenvalue weighted by Crippen LogP contribution is -2.47. The van der Waals surface area contributed by atoms with Gasteiger partial charge in [0.25, 0.3) is 0 Å². The molecule has 164 valence electrons. The second kappa shape index (κ2) is 13.4. The summed E-state index contributed by atoms with van der Waals surface area (Å²) in [6.07, 6.45) is 2.32. The Balaban J connectivity index is 0.00000300. The Labute approximate surface area is 193 Å². The van der Waals surface area contributed by atoms with Crippen molar-refractivity contribution in [3.63, 3.8) is 0 Å². The first-order valence-corrected chi connectivity index (χ1v) is 10.7. The molecule has 1 aromatic rings. The predicted octanol–water partition coefficient (Wildman–Crippen LogP) is 2.36. The summed E-state index contributed by atoms with van der Waals surface area (Å²) >= 11 is 0. The molecule has 0 bridgehead atoms. The molecule has 2 aliphatic rings. The topological polar surface area (TPSA) is 43.3 Å². The van der Waals surface area contributed by atoms with Gasteiger partial charge in [0.15, 0.2) is 5.96 Å². The normalized spacial score (nSPS) is 21.0. The smallest absolute Gasteiger partial charge is 0.193 e. The molecule has 1 unspecified atom stereocenters. The second-order valence-corrected chi connectivity index (χ2v) is 8.04. The zero-order valence-electron chi connectivity index (χ0n) is 18.1. The van der Waals surface area contributed by atoms with Gasteiger partial charge in [0.05, 0.1) is 6.61 Å². The predicted molar refractivity (Wildman–Crippen MR) is 131 cm³/mol. The summed E-state index contributed by atoms with van der Waals surface area (Å²) < 4.78 is 5.48. The third-order valence-electron chi connectivity index (χ3n) is 5.78. The number of ether oxygens (including phenoxy) is 1. The molecule has 2 aliphatic heterocycles. The Morgan fingerprint density at radius 3 is 2.55 bits per heavy atom. The molecule has 29 heavy (non-hydrogen) atoms. The number of guanidine groups is 1. The fourth-order valence-electron chi connectivity index (χ4n) is 4.10. The van der Waals surface area contributed by atoms with Gasteiger partial charge in [-0.2, -0.15) is 0 Å². The molecule has 7 heteroatoms. The summed E-state index contributed by atoms with van der Waals surface area (Å²) in [6, 6.07) is 10.8. The summed E-state index contributed by atoms with van der Waals surface area (Å²) in [7, 11) is 4.00. The van der Waals surface area contributed by atoms with Crippen molar-refractivity contribution in [1.29, 1.82) is 0 Å². The molecule has 0 spiro atoms. The highest BCUT2D eigenvalue weighted by atomic mass is 127. The number of rotatable bonds is 8. The van der Waals surface area contributed by atoms with E-state index < -0.39 is 0 Å². The standard InChI is InChI=1S/C22H37N5O.HI/c1-23-22(25(2)17-21-9-16-28-19-21)24-10-6-11-26-12-14-27(15-13-26)18-20-7-4-3-5-8-20;/h3-5,7-8,21H,6,9-19H2,1-2H3,(H,23,24);1H. The van der Waals surface area contributed by atoms with Crippen molar-refractivity contribution in [2.24, 2.45) is 10.9 Å². The second-order valence-electron chi connectivity index (χ2n) is 8.04. The Kier molecular flexibility index (Phi) is 11.3. The van der Waals surface area contributed by atoms with Gasteiger partial charge in [0.2, 0.25) is 0 Å². The van der Waals surface area contributed by atoms with Crippen LogP contribution in [0.3, 0.4) is 0 Å². The van der Waals surface area contributed by atoms with Gasteiger partial charge in [0, 0.05) is 72.4 Å². The van der Waals surface area contributed by atoms with Gasteiger partial charge in [-0.1, -0.05) is 30.3 Å². The van der Waals surface area contributed by atoms with E-state index in [0.717, 1.165) is 71.3 Å². The maximum absolute atomic E-state index is 5.48. The molecule has 0 amide bonds. The lowest BCUT2D eigenvalue weighted by Gasteiger charge is -2.34. The summed E-state index contributed by atoms with van der Waals surface area (Å²) in [5.74, 6) is 1.63. The number of benzene rings is 1. The van der Waals surface area contributed by atoms with E-state index >= 15 is 0 Å². The van der Waals surface area contributed by atoms with Crippen LogP contribution in [0.2, 0.25) is 0 Å². The van der Waals surface area contributed by atoms with E-state index in [4.69, 9.17) is 4.74 Å². The van der Waals surface area contributed by atoms with Gasteiger partial charge >= 0.3 is 0 Å². The van der Waals surface area contributed by atoms with Crippen LogP contribution in [-0.2, 0) is 11.3 Å². The average Bonchev–Trinajstić information content (AvgIpc) is 3.23. The van der Waals surface area contributed by atoms with Crippen LogP contribution >= 0.6 is 24.0 Å². The number of hydrogen-bond donors (Lipinski definition) is 1. The number of nitrogens with zero attached hydrogens (tertiary/aromatic N) is 4. The first kappa shape index (κ1) is 24.4. The van der Waals surface area contributed by atoms with Crippen molar-refractivity contribution in [2.45, 2.75) is 19.4 Å². The van der Waals surface area contributed by atoms with Gasteiger partial charge < -0.3 is 19.9 Å². The molecule has 2 saturated heterocycles. The SMILES string of the molecule is CN=C(NCCCN1CCN(Cc2ccccc2)CC1)N(C)CC1CCOC1.I. The van der Waals surface area contributed by atoms with Gasteiger partial charge in [-0.25, -0.2) is 0 Å². The summed E-state index contributed by atoms with van der Waals surface area (Å²) in [4.78, 5) is 11.8. The monoisotopic (exact) mass is 515 g/mol. The average molecular weight is 515 g/mol. The molecule has 1 atom stereocenters. The highest BCUT2D eigenvalue weighted by Crippen LogP contribution is 2.13. The van der Waals surface area contributed by atoms with Crippen LogP contribution in [-0.4, -0.2) is 93.8 Å². The van der Waals surface area contributed by atoms with Crippen LogP contribution in [0.1, 0.15) is 18.4 Å². The van der Waals surface area contributed by atoms with E-state index in [1.54, 1.807) is 0 Å². The first-order chi connectivity index (χ1) is 13.7. The number of aliphatic imine (C=N–C) groups is 1. The summed E-state index contributed by atoms with van der Waals surface area (Å²) in [5, 5.41) is 3.52. The molecule has 2 heterocycles. The largest absolute Gasteiger partial charge is 0.381 e. The fourth-order valence-corrected chi connectivity index (χ4v) is 4.10. The molecule has 1 N–H and O–H groups in total. The molecule has 1 aromatic carbocycles. The minimum absolute atomic E-state index is 0. The minimum atomic E-state index is 0. The molecular formula is C22H38IN5O. The highest BCUT2D eigenvalue weighted by molar-refractivity contribution is 14.0. The number of hydrogen-bond acceptors (Lipinski definition) is 4. The molecule has 0 radical (unpaired) electrons. The van der Waals surface area contributed by atoms with Crippen LogP contribution < -0.4 is 5.32 Å². The Morgan fingerprint density at radius 2 is 1.90 bits per heavy atom. The van der Waals surface area contributed by atoms with E-state index in [0.29, 0.717) is 5.92 Å². The zero-order valence-corrected chi connectivity index (χ0v) is 20.4. The Hall–Kier alpha value is -0.900. The lowest BCUT2D eigenvalue weighted by atomic mass is 10.1. The van der Waals surface area contributed by atoms with Crippen molar-refractivity contribution < 1.29 is 4.74 Å². The minimum Gasteiger partial charge on any atom is -0.381 e. The summed E-state index contributed by atoms with van der Waals surface area (Å²) in [5.41, 5.74) is 1.42. The lowest BCUT2D eigenvalue weighted by molar-refractivity contribution is 0.126. The Bertz CT molecular complexity index is 586. The molecule has 6 nitrogen and oxygen atoms in total. The van der Waals surface area contributed by atoms with Crippen LogP contribution in [0, 0.1) is 5.92 Å². The van der Waals surface area contributed by atoms with Crippen molar-refractivity contribution in [3.05, 3.63) is 35.9 Å². The maximum atomic E-state index is 5.48. The van der Waals surface area contributed by atoms with Crippen LogP contribution in [0.5, 0.6) is 0 Å². The van der Waals surface area contributed by atoms with Crippen molar-refractivity contribution in [2.75, 3.05) is 73.1 Å². The number of halogens is 1. The van der Waals surface area contributed by atoms with Gasteiger partial charge in [-0.05, 0) is 24.9 Å². The quantitative estimate of drug-likeness (QED) is 0.249. The van der Waals surface area contributed by atoms with Crippen LogP contribution in [0.4, 0.5) is 0 Å². The third kappa shape index (κ3) is 8.39. The fraction of sp³-hybridized carbons (Fsp3) is 0.682. The van der Waals surface area contributed by atoms with Crippen molar-refractivity contribution in [3.8, 4) is 0 Å². The molecular weight excluding hydrogens is 477 g/mol. The molecule has 3 rings (SSSR count). The van der Waals surface area contributed by atoms with E-state index in [1.165, 1.54) is 18.7 Å². The Morgan fingerprint density at radius 1 is 1.17 bits per heavy atom. The highest BCUT2D eigenvalue weighted by Gasteiger charge is 2.19. The third-order valence-corrected chi connectivity index (χ3v) is 5.78. The summed E-state index contributed by atoms with van der Waals surface area (Å²) in [6.45, 7) is 10.7. The van der Waals surface area contributed by atoms with Gasteiger partial charge in [0.1, 0.15) is 0 Å². The molecule has 0 aliphatic carbocycles. The number of piperazine rings is 1. The first-order valence-electron chi connectivity index (χ1n) is 10.7. The molecule has 0 saturated carbocycles. The van der Waals surface area contributed by atoms with Crippen molar-refractivity contribution >= 4 is 29.9 Å². The van der Waals surface area contributed by atoms with Gasteiger partial charge in [-0.3, -0.25) is 9.89 Å². The molecule has 2 fully saturated rings. The van der Waals surface area contributed by atoms with E-state index in [9.17, 15) is 0 Å². The maximum Gasteiger partial charge on any atom is 0.193 e. The number of nitrogens with one attached hydrogen (secondary N) is 1. The van der Waals surface area contributed by atoms with E-state index in [-0.39, 0.29) is 24.0 Å². The van der Waals surface area contributed by atoms with Gasteiger partial charge in [-0.15, -0.1) is 24.0 Å². The van der Waals surface area contributed by atoms with E-state index in [1.807, 2.05) is 7.05 Å².